The van der Waals surface area contributed by atoms with Crippen LogP contribution in [-0.4, -0.2) is 9.55 Å². The number of aromatic nitrogens is 2. The zero-order chi connectivity index (χ0) is 8.72. The molecule has 3 heteroatoms. The molecule has 0 saturated heterocycles. The molecule has 12 heavy (non-hydrogen) atoms. The SMILES string of the molecule is Cc1cc(Cl)c2ncn(C)c2c1. The summed E-state index contributed by atoms with van der Waals surface area (Å²) in [5.41, 5.74) is 3.13. The van der Waals surface area contributed by atoms with Crippen LogP contribution in [0.15, 0.2) is 18.5 Å². The molecule has 62 valence electrons. The van der Waals surface area contributed by atoms with E-state index in [1.165, 1.54) is 0 Å². The van der Waals surface area contributed by atoms with Crippen LogP contribution in [0.4, 0.5) is 0 Å². The van der Waals surface area contributed by atoms with Crippen molar-refractivity contribution >= 4 is 22.6 Å². The normalized spacial score (nSPS) is 10.9. The molecule has 2 nitrogen and oxygen atoms in total. The first-order valence-corrected chi connectivity index (χ1v) is 4.13. The molecular formula is C9H9ClN2. The smallest absolute Gasteiger partial charge is 0.107 e. The Hall–Kier alpha value is -1.02. The van der Waals surface area contributed by atoms with E-state index in [0.717, 1.165) is 21.6 Å². The maximum atomic E-state index is 6.00. The van der Waals surface area contributed by atoms with Crippen molar-refractivity contribution in [3.8, 4) is 0 Å². The lowest BCUT2D eigenvalue weighted by Crippen LogP contribution is -1.84. The van der Waals surface area contributed by atoms with Crippen molar-refractivity contribution in [1.29, 1.82) is 0 Å². The van der Waals surface area contributed by atoms with Gasteiger partial charge in [0.25, 0.3) is 0 Å². The largest absolute Gasteiger partial charge is 0.334 e. The van der Waals surface area contributed by atoms with Crippen LogP contribution in [0, 0.1) is 6.92 Å². The molecule has 1 aromatic carbocycles. The lowest BCUT2D eigenvalue weighted by atomic mass is 10.2. The van der Waals surface area contributed by atoms with E-state index < -0.39 is 0 Å². The van der Waals surface area contributed by atoms with Gasteiger partial charge in [0, 0.05) is 7.05 Å². The fourth-order valence-electron chi connectivity index (χ4n) is 1.32. The monoisotopic (exact) mass is 180 g/mol. The Balaban J connectivity index is 2.92. The predicted molar refractivity (Wildman–Crippen MR) is 50.5 cm³/mol. The van der Waals surface area contributed by atoms with E-state index >= 15 is 0 Å². The summed E-state index contributed by atoms with van der Waals surface area (Å²) in [7, 11) is 1.96. The van der Waals surface area contributed by atoms with E-state index in [4.69, 9.17) is 11.6 Å². The highest BCUT2D eigenvalue weighted by atomic mass is 35.5. The Morgan fingerprint density at radius 3 is 2.92 bits per heavy atom. The van der Waals surface area contributed by atoms with Gasteiger partial charge in [0.05, 0.1) is 16.9 Å². The van der Waals surface area contributed by atoms with Gasteiger partial charge in [-0.2, -0.15) is 0 Å². The van der Waals surface area contributed by atoms with Crippen molar-refractivity contribution in [2.24, 2.45) is 7.05 Å². The van der Waals surface area contributed by atoms with Gasteiger partial charge in [-0.1, -0.05) is 11.6 Å². The van der Waals surface area contributed by atoms with Crippen molar-refractivity contribution in [1.82, 2.24) is 9.55 Å². The van der Waals surface area contributed by atoms with E-state index in [0.29, 0.717) is 0 Å². The number of halogens is 1. The number of nitrogens with zero attached hydrogens (tertiary/aromatic N) is 2. The first-order chi connectivity index (χ1) is 5.68. The molecule has 1 aromatic heterocycles. The Bertz CT molecular complexity index is 431. The summed E-state index contributed by atoms with van der Waals surface area (Å²) in [6.07, 6.45) is 1.77. The molecule has 0 fully saturated rings. The summed E-state index contributed by atoms with van der Waals surface area (Å²) < 4.78 is 1.97. The van der Waals surface area contributed by atoms with Gasteiger partial charge >= 0.3 is 0 Å². The first-order valence-electron chi connectivity index (χ1n) is 3.75. The topological polar surface area (TPSA) is 17.8 Å². The Morgan fingerprint density at radius 2 is 2.17 bits per heavy atom. The van der Waals surface area contributed by atoms with E-state index in [9.17, 15) is 0 Å². The third kappa shape index (κ3) is 0.994. The van der Waals surface area contributed by atoms with Gasteiger partial charge in [-0.3, -0.25) is 0 Å². The minimum Gasteiger partial charge on any atom is -0.334 e. The highest BCUT2D eigenvalue weighted by Crippen LogP contribution is 2.22. The zero-order valence-electron chi connectivity index (χ0n) is 7.00. The maximum absolute atomic E-state index is 6.00. The van der Waals surface area contributed by atoms with E-state index in [1.807, 2.05) is 24.6 Å². The minimum atomic E-state index is 0.727. The summed E-state index contributed by atoms with van der Waals surface area (Å²) in [4.78, 5) is 4.19. The Kier molecular flexibility index (Phi) is 1.58. The van der Waals surface area contributed by atoms with Gasteiger partial charge in [0.15, 0.2) is 0 Å². The number of benzene rings is 1. The third-order valence-corrected chi connectivity index (χ3v) is 2.22. The van der Waals surface area contributed by atoms with Crippen LogP contribution in [0.25, 0.3) is 11.0 Å². The number of aryl methyl sites for hydroxylation is 2. The van der Waals surface area contributed by atoms with Crippen LogP contribution in [0.2, 0.25) is 5.02 Å². The lowest BCUT2D eigenvalue weighted by molar-refractivity contribution is 0.947. The Morgan fingerprint density at radius 1 is 1.42 bits per heavy atom. The second kappa shape index (κ2) is 2.49. The van der Waals surface area contributed by atoms with Gasteiger partial charge < -0.3 is 4.57 Å². The fraction of sp³-hybridized carbons (Fsp3) is 0.222. The van der Waals surface area contributed by atoms with E-state index in [2.05, 4.69) is 11.1 Å². The minimum absolute atomic E-state index is 0.727. The van der Waals surface area contributed by atoms with Crippen LogP contribution >= 0.6 is 11.6 Å². The molecule has 1 heterocycles. The van der Waals surface area contributed by atoms with Crippen molar-refractivity contribution in [2.75, 3.05) is 0 Å². The number of imidazole rings is 1. The highest BCUT2D eigenvalue weighted by Gasteiger charge is 2.03. The summed E-state index contributed by atoms with van der Waals surface area (Å²) in [6.45, 7) is 2.03. The molecule has 2 rings (SSSR count). The molecular weight excluding hydrogens is 172 g/mol. The highest BCUT2D eigenvalue weighted by molar-refractivity contribution is 6.35. The predicted octanol–water partition coefficient (Wildman–Crippen LogP) is 2.54. The van der Waals surface area contributed by atoms with Crippen LogP contribution in [0.3, 0.4) is 0 Å². The number of fused-ring (bicyclic) bond motifs is 1. The molecule has 2 aromatic rings. The summed E-state index contributed by atoms with van der Waals surface area (Å²) in [6, 6.07) is 4.01. The van der Waals surface area contributed by atoms with Gasteiger partial charge in [-0.05, 0) is 24.6 Å². The average Bonchev–Trinajstić information content (AvgIpc) is 2.33. The standard InChI is InChI=1S/C9H9ClN2/c1-6-3-7(10)9-8(4-6)12(2)5-11-9/h3-5H,1-2H3. The van der Waals surface area contributed by atoms with Gasteiger partial charge in [0.1, 0.15) is 5.52 Å². The third-order valence-electron chi connectivity index (χ3n) is 1.93. The maximum Gasteiger partial charge on any atom is 0.107 e. The van der Waals surface area contributed by atoms with Crippen molar-refractivity contribution in [3.05, 3.63) is 29.0 Å². The quantitative estimate of drug-likeness (QED) is 0.609. The second-order valence-electron chi connectivity index (χ2n) is 2.97. The van der Waals surface area contributed by atoms with Crippen molar-refractivity contribution in [3.63, 3.8) is 0 Å². The average molecular weight is 181 g/mol. The van der Waals surface area contributed by atoms with Crippen LogP contribution in [0.5, 0.6) is 0 Å². The lowest BCUT2D eigenvalue weighted by Gasteiger charge is -1.97. The number of hydrogen-bond donors (Lipinski definition) is 0. The molecule has 0 radical (unpaired) electrons. The molecule has 0 bridgehead atoms. The molecule has 0 N–H and O–H groups in total. The summed E-state index contributed by atoms with van der Waals surface area (Å²) in [5.74, 6) is 0. The fourth-order valence-corrected chi connectivity index (χ4v) is 1.64. The first kappa shape index (κ1) is 7.62. The van der Waals surface area contributed by atoms with Crippen molar-refractivity contribution < 1.29 is 0 Å². The number of hydrogen-bond acceptors (Lipinski definition) is 1. The molecule has 0 atom stereocenters. The Labute approximate surface area is 75.8 Å². The molecule has 0 amide bonds. The van der Waals surface area contributed by atoms with Gasteiger partial charge in [-0.25, -0.2) is 4.98 Å². The van der Waals surface area contributed by atoms with E-state index in [1.54, 1.807) is 6.33 Å². The van der Waals surface area contributed by atoms with Crippen LogP contribution in [-0.2, 0) is 7.05 Å². The van der Waals surface area contributed by atoms with Gasteiger partial charge in [-0.15, -0.1) is 0 Å². The molecule has 0 aliphatic rings. The molecule has 0 spiro atoms. The molecule has 0 aliphatic carbocycles. The molecule has 0 aliphatic heterocycles. The van der Waals surface area contributed by atoms with Crippen LogP contribution < -0.4 is 0 Å². The zero-order valence-corrected chi connectivity index (χ0v) is 7.76. The molecule has 0 unspecified atom stereocenters. The molecule has 0 saturated carbocycles. The van der Waals surface area contributed by atoms with E-state index in [-0.39, 0.29) is 0 Å². The number of rotatable bonds is 0. The van der Waals surface area contributed by atoms with Crippen LogP contribution in [0.1, 0.15) is 5.56 Å². The summed E-state index contributed by atoms with van der Waals surface area (Å²) in [5, 5.41) is 0.727. The second-order valence-corrected chi connectivity index (χ2v) is 3.38. The summed E-state index contributed by atoms with van der Waals surface area (Å²) >= 11 is 6.00. The van der Waals surface area contributed by atoms with Crippen molar-refractivity contribution in [2.45, 2.75) is 6.92 Å². The van der Waals surface area contributed by atoms with Gasteiger partial charge in [0.2, 0.25) is 0 Å².